The molecule has 0 aromatic rings. The smallest absolute Gasteiger partial charge is 0.407 e. The van der Waals surface area contributed by atoms with Crippen LogP contribution in [0, 0.1) is 5.92 Å². The summed E-state index contributed by atoms with van der Waals surface area (Å²) in [5.74, 6) is 0.434. The summed E-state index contributed by atoms with van der Waals surface area (Å²) in [5, 5.41) is 15.1. The monoisotopic (exact) mass is 318 g/mol. The third-order valence-corrected chi connectivity index (χ3v) is 3.14. The lowest BCUT2D eigenvalue weighted by atomic mass is 10.1. The molecule has 0 aromatic carbocycles. The zero-order chi connectivity index (χ0) is 17.0. The number of methoxy groups -OCH3 is 1. The summed E-state index contributed by atoms with van der Waals surface area (Å²) in [6.45, 7) is 9.94. The van der Waals surface area contributed by atoms with Crippen LogP contribution >= 0.6 is 0 Å². The molecule has 3 N–H and O–H groups in total. The van der Waals surface area contributed by atoms with Crippen LogP contribution in [0.3, 0.4) is 0 Å². The molecule has 6 heteroatoms. The molecule has 2 unspecified atom stereocenters. The third-order valence-electron chi connectivity index (χ3n) is 3.14. The summed E-state index contributed by atoms with van der Waals surface area (Å²) in [6.07, 6.45) is 2.19. The summed E-state index contributed by atoms with van der Waals surface area (Å²) < 4.78 is 10.4. The average molecular weight is 318 g/mol. The highest BCUT2D eigenvalue weighted by molar-refractivity contribution is 5.67. The van der Waals surface area contributed by atoms with Crippen molar-refractivity contribution in [1.82, 2.24) is 10.6 Å². The summed E-state index contributed by atoms with van der Waals surface area (Å²) >= 11 is 0. The van der Waals surface area contributed by atoms with Gasteiger partial charge in [-0.25, -0.2) is 4.79 Å². The molecule has 0 bridgehead atoms. The van der Waals surface area contributed by atoms with Gasteiger partial charge in [0.1, 0.15) is 5.60 Å². The number of carbonyl (C=O) groups excluding carboxylic acids is 1. The summed E-state index contributed by atoms with van der Waals surface area (Å²) in [5.41, 5.74) is -0.465. The number of carbonyl (C=O) groups is 1. The van der Waals surface area contributed by atoms with Crippen LogP contribution in [0.15, 0.2) is 0 Å². The Balaban J connectivity index is 3.88. The van der Waals surface area contributed by atoms with Gasteiger partial charge in [0.05, 0.1) is 6.61 Å². The predicted molar refractivity (Wildman–Crippen MR) is 88.0 cm³/mol. The van der Waals surface area contributed by atoms with Crippen molar-refractivity contribution in [3.8, 4) is 0 Å². The van der Waals surface area contributed by atoms with Crippen LogP contribution in [0.4, 0.5) is 4.79 Å². The molecule has 0 aromatic heterocycles. The van der Waals surface area contributed by atoms with E-state index in [0.717, 1.165) is 25.8 Å². The fourth-order valence-corrected chi connectivity index (χ4v) is 1.99. The highest BCUT2D eigenvalue weighted by Crippen LogP contribution is 2.07. The van der Waals surface area contributed by atoms with Crippen molar-refractivity contribution < 1.29 is 19.4 Å². The predicted octanol–water partition coefficient (Wildman–Crippen LogP) is 1.91. The Labute approximate surface area is 134 Å². The van der Waals surface area contributed by atoms with Gasteiger partial charge < -0.3 is 25.2 Å². The second-order valence-corrected chi connectivity index (χ2v) is 6.75. The molecule has 0 aliphatic heterocycles. The molecule has 6 nitrogen and oxygen atoms in total. The first kappa shape index (κ1) is 21.1. The Hall–Kier alpha value is -0.850. The van der Waals surface area contributed by atoms with Gasteiger partial charge in [0.15, 0.2) is 0 Å². The van der Waals surface area contributed by atoms with Crippen molar-refractivity contribution in [3.05, 3.63) is 0 Å². The molecule has 0 saturated carbocycles. The highest BCUT2D eigenvalue weighted by Gasteiger charge is 2.16. The van der Waals surface area contributed by atoms with Crippen molar-refractivity contribution in [3.63, 3.8) is 0 Å². The van der Waals surface area contributed by atoms with E-state index in [1.165, 1.54) is 0 Å². The fraction of sp³-hybridized carbons (Fsp3) is 0.938. The maximum absolute atomic E-state index is 11.5. The Morgan fingerprint density at radius 1 is 1.27 bits per heavy atom. The van der Waals surface area contributed by atoms with E-state index in [-0.39, 0.29) is 18.7 Å². The summed E-state index contributed by atoms with van der Waals surface area (Å²) in [7, 11) is 1.69. The van der Waals surface area contributed by atoms with E-state index in [9.17, 15) is 4.79 Å². The lowest BCUT2D eigenvalue weighted by Crippen LogP contribution is -2.37. The maximum atomic E-state index is 11.5. The van der Waals surface area contributed by atoms with Crippen LogP contribution in [0.25, 0.3) is 0 Å². The molecule has 2 atom stereocenters. The Bertz CT molecular complexity index is 292. The third kappa shape index (κ3) is 12.9. The normalized spacial score (nSPS) is 14.5. The number of aliphatic hydroxyl groups is 1. The molecule has 0 spiro atoms. The van der Waals surface area contributed by atoms with Gasteiger partial charge in [-0.15, -0.1) is 0 Å². The van der Waals surface area contributed by atoms with Crippen LogP contribution in [0.1, 0.15) is 47.0 Å². The minimum Gasteiger partial charge on any atom is -0.444 e. The van der Waals surface area contributed by atoms with E-state index in [2.05, 4.69) is 17.6 Å². The van der Waals surface area contributed by atoms with E-state index in [0.29, 0.717) is 19.1 Å². The first-order valence-electron chi connectivity index (χ1n) is 8.08. The zero-order valence-electron chi connectivity index (χ0n) is 14.8. The minimum absolute atomic E-state index is 0.220. The van der Waals surface area contributed by atoms with Gasteiger partial charge in [-0.1, -0.05) is 6.92 Å². The van der Waals surface area contributed by atoms with Gasteiger partial charge in [0.2, 0.25) is 0 Å². The lowest BCUT2D eigenvalue weighted by molar-refractivity contribution is 0.0526. The van der Waals surface area contributed by atoms with Crippen LogP contribution in [-0.4, -0.2) is 56.3 Å². The fourth-order valence-electron chi connectivity index (χ4n) is 1.99. The Kier molecular flexibility index (Phi) is 11.2. The second kappa shape index (κ2) is 11.7. The van der Waals surface area contributed by atoms with E-state index in [1.54, 1.807) is 7.11 Å². The van der Waals surface area contributed by atoms with Crippen molar-refractivity contribution in [2.24, 2.45) is 5.92 Å². The molecule has 0 heterocycles. The largest absolute Gasteiger partial charge is 0.444 e. The van der Waals surface area contributed by atoms with Gasteiger partial charge in [0.25, 0.3) is 0 Å². The lowest BCUT2D eigenvalue weighted by Gasteiger charge is -2.21. The molecule has 0 saturated heterocycles. The summed E-state index contributed by atoms with van der Waals surface area (Å²) in [4.78, 5) is 11.5. The van der Waals surface area contributed by atoms with Gasteiger partial charge >= 0.3 is 6.09 Å². The molecule has 0 fully saturated rings. The average Bonchev–Trinajstić information content (AvgIpc) is 2.39. The zero-order valence-corrected chi connectivity index (χ0v) is 14.8. The number of ether oxygens (including phenoxy) is 2. The molecule has 0 aliphatic carbocycles. The van der Waals surface area contributed by atoms with Crippen LogP contribution in [0.2, 0.25) is 0 Å². The molecule has 1 amide bonds. The Morgan fingerprint density at radius 2 is 1.95 bits per heavy atom. The van der Waals surface area contributed by atoms with E-state index in [1.807, 2.05) is 20.8 Å². The standard InChI is InChI=1S/C16H34N2O4/c1-13(8-10-19)11-18-14(12-21-5)7-6-9-17-15(20)22-16(2,3)4/h13-14,18-19H,6-12H2,1-5H3,(H,17,20). The first-order valence-corrected chi connectivity index (χ1v) is 8.08. The van der Waals surface area contributed by atoms with Crippen LogP contribution in [0.5, 0.6) is 0 Å². The van der Waals surface area contributed by atoms with Crippen molar-refractivity contribution >= 4 is 6.09 Å². The number of aliphatic hydroxyl groups excluding tert-OH is 1. The van der Waals surface area contributed by atoms with Crippen molar-refractivity contribution in [1.29, 1.82) is 0 Å². The van der Waals surface area contributed by atoms with E-state index in [4.69, 9.17) is 14.6 Å². The number of amides is 1. The Morgan fingerprint density at radius 3 is 2.50 bits per heavy atom. The molecule has 22 heavy (non-hydrogen) atoms. The van der Waals surface area contributed by atoms with E-state index >= 15 is 0 Å². The number of nitrogens with one attached hydrogen (secondary N) is 2. The van der Waals surface area contributed by atoms with Crippen molar-refractivity contribution in [2.75, 3.05) is 33.4 Å². The van der Waals surface area contributed by atoms with Gasteiger partial charge in [-0.3, -0.25) is 0 Å². The van der Waals surface area contributed by atoms with Gasteiger partial charge in [-0.2, -0.15) is 0 Å². The first-order chi connectivity index (χ1) is 10.3. The van der Waals surface area contributed by atoms with Crippen molar-refractivity contribution in [2.45, 2.75) is 58.6 Å². The molecule has 0 aliphatic rings. The minimum atomic E-state index is -0.465. The van der Waals surface area contributed by atoms with Crippen LogP contribution in [-0.2, 0) is 9.47 Å². The topological polar surface area (TPSA) is 79.8 Å². The summed E-state index contributed by atoms with van der Waals surface area (Å²) in [6, 6.07) is 0.256. The SMILES string of the molecule is COCC(CCCNC(=O)OC(C)(C)C)NCC(C)CCO. The molecule has 132 valence electrons. The molecule has 0 radical (unpaired) electrons. The number of rotatable bonds is 11. The molecular weight excluding hydrogens is 284 g/mol. The highest BCUT2D eigenvalue weighted by atomic mass is 16.6. The molecule has 0 rings (SSSR count). The quantitative estimate of drug-likeness (QED) is 0.507. The number of hydrogen-bond acceptors (Lipinski definition) is 5. The van der Waals surface area contributed by atoms with E-state index < -0.39 is 5.60 Å². The van der Waals surface area contributed by atoms with Crippen LogP contribution < -0.4 is 10.6 Å². The second-order valence-electron chi connectivity index (χ2n) is 6.75. The maximum Gasteiger partial charge on any atom is 0.407 e. The number of hydrogen-bond donors (Lipinski definition) is 3. The molecular formula is C16H34N2O4. The van der Waals surface area contributed by atoms with Gasteiger partial charge in [-0.05, 0) is 52.5 Å². The number of alkyl carbamates (subject to hydrolysis) is 1. The van der Waals surface area contributed by atoms with Gasteiger partial charge in [0, 0.05) is 26.3 Å².